The summed E-state index contributed by atoms with van der Waals surface area (Å²) in [5, 5.41) is 2.61. The third-order valence-corrected chi connectivity index (χ3v) is 5.01. The van der Waals surface area contributed by atoms with Gasteiger partial charge in [-0.2, -0.15) is 0 Å². The first kappa shape index (κ1) is 21.1. The number of aromatic nitrogens is 2. The van der Waals surface area contributed by atoms with Crippen LogP contribution in [-0.4, -0.2) is 41.0 Å². The summed E-state index contributed by atoms with van der Waals surface area (Å²) in [5.41, 5.74) is 1.86. The molecule has 0 fully saturated rings. The van der Waals surface area contributed by atoms with Crippen LogP contribution in [0.2, 0.25) is 0 Å². The van der Waals surface area contributed by atoms with Crippen LogP contribution in [0.4, 0.5) is 5.69 Å². The van der Waals surface area contributed by atoms with Crippen LogP contribution in [0.3, 0.4) is 0 Å². The maximum Gasteiger partial charge on any atom is 0.359 e. The molecule has 154 valence electrons. The number of nitrogens with zero attached hydrogens (tertiary/aromatic N) is 2. The van der Waals surface area contributed by atoms with Crippen LogP contribution in [0.1, 0.15) is 32.8 Å². The summed E-state index contributed by atoms with van der Waals surface area (Å²) in [6, 6.07) is 11.1. The van der Waals surface area contributed by atoms with E-state index in [0.29, 0.717) is 11.4 Å². The molecule has 3 aromatic rings. The quantitative estimate of drug-likeness (QED) is 0.577. The van der Waals surface area contributed by atoms with Crippen LogP contribution in [0.15, 0.2) is 48.8 Å². The van der Waals surface area contributed by atoms with E-state index < -0.39 is 24.5 Å². The van der Waals surface area contributed by atoms with Gasteiger partial charge in [0, 0.05) is 11.1 Å². The van der Waals surface area contributed by atoms with Gasteiger partial charge in [0.05, 0.1) is 24.2 Å². The largest absolute Gasteiger partial charge is 0.462 e. The van der Waals surface area contributed by atoms with Crippen LogP contribution in [0.5, 0.6) is 0 Å². The maximum atomic E-state index is 12.3. The normalized spacial score (nSPS) is 10.3. The predicted octanol–water partition coefficient (Wildman–Crippen LogP) is 3.49. The lowest BCUT2D eigenvalue weighted by Crippen LogP contribution is -2.22. The Labute approximate surface area is 176 Å². The van der Waals surface area contributed by atoms with Gasteiger partial charge in [-0.05, 0) is 25.5 Å². The molecule has 0 saturated heterocycles. The fourth-order valence-electron chi connectivity index (χ4n) is 2.47. The third kappa shape index (κ3) is 5.26. The molecular weight excluding hydrogens is 406 g/mol. The molecule has 0 atom stereocenters. The van der Waals surface area contributed by atoms with E-state index in [0.717, 1.165) is 10.4 Å². The van der Waals surface area contributed by atoms with Gasteiger partial charge >= 0.3 is 11.9 Å². The van der Waals surface area contributed by atoms with Gasteiger partial charge in [0.2, 0.25) is 0 Å². The van der Waals surface area contributed by atoms with E-state index >= 15 is 0 Å². The number of carbonyl (C=O) groups excluding carboxylic acids is 3. The zero-order chi connectivity index (χ0) is 21.5. The van der Waals surface area contributed by atoms with E-state index in [1.54, 1.807) is 19.9 Å². The van der Waals surface area contributed by atoms with Gasteiger partial charge < -0.3 is 14.8 Å². The highest BCUT2D eigenvalue weighted by molar-refractivity contribution is 7.18. The molecule has 30 heavy (non-hydrogen) atoms. The molecule has 0 bridgehead atoms. The van der Waals surface area contributed by atoms with Crippen molar-refractivity contribution < 1.29 is 23.9 Å². The second kappa shape index (κ2) is 9.75. The van der Waals surface area contributed by atoms with E-state index in [2.05, 4.69) is 15.3 Å². The Bertz CT molecular complexity index is 1050. The first-order chi connectivity index (χ1) is 14.5. The summed E-state index contributed by atoms with van der Waals surface area (Å²) in [5.74, 6) is -1.89. The Morgan fingerprint density at radius 1 is 1.03 bits per heavy atom. The standard InChI is InChI=1S/C21H19N3O5S/c1-3-28-21(27)19-15(9-17(30-19)14-7-5-4-6-8-14)24-18(25)12-29-20(26)16-11-22-13(2)10-23-16/h4-11H,3,12H2,1-2H3,(H,24,25). The topological polar surface area (TPSA) is 107 Å². The second-order valence-corrected chi connectivity index (χ2v) is 7.16. The van der Waals surface area contributed by atoms with E-state index in [-0.39, 0.29) is 17.2 Å². The molecule has 0 aliphatic carbocycles. The van der Waals surface area contributed by atoms with E-state index in [9.17, 15) is 14.4 Å². The summed E-state index contributed by atoms with van der Waals surface area (Å²) in [6.45, 7) is 3.11. The van der Waals surface area contributed by atoms with Gasteiger partial charge in [-0.25, -0.2) is 14.6 Å². The number of carbonyl (C=O) groups is 3. The number of nitrogens with one attached hydrogen (secondary N) is 1. The first-order valence-electron chi connectivity index (χ1n) is 9.10. The summed E-state index contributed by atoms with van der Waals surface area (Å²) >= 11 is 1.21. The van der Waals surface area contributed by atoms with Crippen molar-refractivity contribution in [1.82, 2.24) is 9.97 Å². The summed E-state index contributed by atoms with van der Waals surface area (Å²) in [6.07, 6.45) is 2.71. The molecule has 0 saturated carbocycles. The van der Waals surface area contributed by atoms with E-state index in [1.807, 2.05) is 30.3 Å². The molecule has 1 N–H and O–H groups in total. The number of benzene rings is 1. The smallest absolute Gasteiger partial charge is 0.359 e. The lowest BCUT2D eigenvalue weighted by atomic mass is 10.2. The lowest BCUT2D eigenvalue weighted by Gasteiger charge is -2.07. The number of anilines is 1. The van der Waals surface area contributed by atoms with Crippen LogP contribution in [0, 0.1) is 6.92 Å². The first-order valence-corrected chi connectivity index (χ1v) is 9.91. The number of amides is 1. The zero-order valence-electron chi connectivity index (χ0n) is 16.4. The average molecular weight is 425 g/mol. The number of esters is 2. The highest BCUT2D eigenvalue weighted by Gasteiger charge is 2.21. The van der Waals surface area contributed by atoms with Crippen molar-refractivity contribution in [3.05, 3.63) is 65.1 Å². The second-order valence-electron chi connectivity index (χ2n) is 6.11. The van der Waals surface area contributed by atoms with Crippen molar-refractivity contribution in [2.45, 2.75) is 13.8 Å². The fraction of sp³-hybridized carbons (Fsp3) is 0.190. The molecule has 0 aliphatic rings. The molecular formula is C21H19N3O5S. The monoisotopic (exact) mass is 425 g/mol. The van der Waals surface area contributed by atoms with Gasteiger partial charge in [0.15, 0.2) is 12.3 Å². The molecule has 1 aromatic carbocycles. The van der Waals surface area contributed by atoms with Crippen molar-refractivity contribution in [3.8, 4) is 10.4 Å². The predicted molar refractivity (Wildman–Crippen MR) is 111 cm³/mol. The fourth-order valence-corrected chi connectivity index (χ4v) is 3.48. The van der Waals surface area contributed by atoms with Crippen molar-refractivity contribution >= 4 is 34.9 Å². The highest BCUT2D eigenvalue weighted by atomic mass is 32.1. The number of rotatable bonds is 7. The van der Waals surface area contributed by atoms with Crippen molar-refractivity contribution in [1.29, 1.82) is 0 Å². The van der Waals surface area contributed by atoms with Crippen molar-refractivity contribution in [2.75, 3.05) is 18.5 Å². The van der Waals surface area contributed by atoms with Crippen molar-refractivity contribution in [3.63, 3.8) is 0 Å². The molecule has 0 radical (unpaired) electrons. The zero-order valence-corrected chi connectivity index (χ0v) is 17.2. The number of hydrogen-bond donors (Lipinski definition) is 1. The average Bonchev–Trinajstić information content (AvgIpc) is 3.17. The van der Waals surface area contributed by atoms with Gasteiger partial charge in [0.25, 0.3) is 5.91 Å². The lowest BCUT2D eigenvalue weighted by molar-refractivity contribution is -0.119. The van der Waals surface area contributed by atoms with Gasteiger partial charge in [-0.1, -0.05) is 30.3 Å². The van der Waals surface area contributed by atoms with E-state index in [4.69, 9.17) is 9.47 Å². The molecule has 0 unspecified atom stereocenters. The molecule has 1 amide bonds. The third-order valence-electron chi connectivity index (χ3n) is 3.85. The van der Waals surface area contributed by atoms with Crippen LogP contribution in [0.25, 0.3) is 10.4 Å². The number of ether oxygens (including phenoxy) is 2. The molecule has 2 heterocycles. The molecule has 0 aliphatic heterocycles. The molecule has 0 spiro atoms. The number of hydrogen-bond acceptors (Lipinski definition) is 8. The highest BCUT2D eigenvalue weighted by Crippen LogP contribution is 2.35. The van der Waals surface area contributed by atoms with E-state index in [1.165, 1.54) is 23.7 Å². The van der Waals surface area contributed by atoms with Crippen LogP contribution in [-0.2, 0) is 14.3 Å². The maximum absolute atomic E-state index is 12.3. The SMILES string of the molecule is CCOC(=O)c1sc(-c2ccccc2)cc1NC(=O)COC(=O)c1cnc(C)cn1. The summed E-state index contributed by atoms with van der Waals surface area (Å²) in [7, 11) is 0. The Morgan fingerprint density at radius 2 is 1.80 bits per heavy atom. The Kier molecular flexibility index (Phi) is 6.87. The molecule has 2 aromatic heterocycles. The van der Waals surface area contributed by atoms with Crippen molar-refractivity contribution in [2.24, 2.45) is 0 Å². The Hall–Kier alpha value is -3.59. The van der Waals surface area contributed by atoms with Gasteiger partial charge in [-0.3, -0.25) is 9.78 Å². The Balaban J connectivity index is 1.71. The summed E-state index contributed by atoms with van der Waals surface area (Å²) < 4.78 is 10.1. The van der Waals surface area contributed by atoms with Gasteiger partial charge in [0.1, 0.15) is 4.88 Å². The number of thiophene rings is 1. The van der Waals surface area contributed by atoms with Crippen LogP contribution < -0.4 is 5.32 Å². The molecule has 3 rings (SSSR count). The number of aryl methyl sites for hydroxylation is 1. The molecule has 9 heteroatoms. The molecule has 8 nitrogen and oxygen atoms in total. The minimum Gasteiger partial charge on any atom is -0.462 e. The minimum absolute atomic E-state index is 0.00232. The Morgan fingerprint density at radius 3 is 2.47 bits per heavy atom. The van der Waals surface area contributed by atoms with Crippen LogP contribution >= 0.6 is 11.3 Å². The van der Waals surface area contributed by atoms with Gasteiger partial charge in [-0.15, -0.1) is 11.3 Å². The minimum atomic E-state index is -0.765. The summed E-state index contributed by atoms with van der Waals surface area (Å²) in [4.78, 5) is 45.5.